The van der Waals surface area contributed by atoms with Gasteiger partial charge in [0.15, 0.2) is 47.6 Å². The van der Waals surface area contributed by atoms with E-state index in [2.05, 4.69) is 27.7 Å². The minimum Gasteiger partial charge on any atom is -0.637 e. The van der Waals surface area contributed by atoms with Crippen LogP contribution >= 0.6 is 0 Å². The number of rotatable bonds is 17. The molecule has 20 aliphatic rings. The van der Waals surface area contributed by atoms with Gasteiger partial charge in [-0.3, -0.25) is 44.8 Å². The minimum atomic E-state index is -0.882. The van der Waals surface area contributed by atoms with Gasteiger partial charge in [-0.1, -0.05) is 55.4 Å². The Morgan fingerprint density at radius 3 is 0.800 bits per heavy atom. The normalized spacial score (nSPS) is 45.9. The van der Waals surface area contributed by atoms with Crippen molar-refractivity contribution in [3.63, 3.8) is 0 Å². The van der Waals surface area contributed by atoms with Gasteiger partial charge < -0.3 is 75.8 Å². The van der Waals surface area contributed by atoms with Gasteiger partial charge in [0, 0.05) is 138 Å². The van der Waals surface area contributed by atoms with Crippen LogP contribution < -0.4 is 0 Å². The third-order valence-corrected chi connectivity index (χ3v) is 27.8. The zero-order valence-electron chi connectivity index (χ0n) is 69.5. The van der Waals surface area contributed by atoms with Gasteiger partial charge in [0.05, 0.1) is 13.2 Å². The molecular weight excluding hydrogens is 1660 g/mol. The van der Waals surface area contributed by atoms with E-state index in [9.17, 15) is 38.4 Å². The van der Waals surface area contributed by atoms with Gasteiger partial charge in [-0.15, -0.1) is 0 Å². The minimum absolute atomic E-state index is 0. The van der Waals surface area contributed by atoms with Crippen molar-refractivity contribution in [1.82, 2.24) is 0 Å². The molecule has 4 unspecified atom stereocenters. The summed E-state index contributed by atoms with van der Waals surface area (Å²) in [6.07, 6.45) is 8.49. The standard InChI is InChI=1S/C21H31O8.2C20H30O8.C20H29O8.2Y/c1-5-10-24-16(22)11-17(23)25-18-13(3)15-7-6-12(2)14-8-9-20(4)27-19(26-18)21(14,15)29-28-20;3*1-5-23-15(21)10-16(22)24-17-12(3)14-7-6-11(2)13-8-9-19(4)26-18(25-17)20(13,14)28-27-19;;/h5,12-15,18-19H,6-11H2,1-4H3;2*11-14,17-18H,5-10H2,1-4H3;5,11-14,17-18H,6-10H2,1-4H3;;/q-1;;;-1;;/t12-,13-,14+,15+,18?,19-,20-,21-;2*11-,12-,13+,14+,17?,18-,19+,20-;11-,12-,13+,14+,17?,18-,19-,20-;;/m1111../s1. The summed E-state index contributed by atoms with van der Waals surface area (Å²) in [6, 6.07) is 0. The average Bonchev–Trinajstić information content (AvgIpc) is 1.69. The molecule has 16 heterocycles. The fourth-order valence-electron chi connectivity index (χ4n) is 22.0. The van der Waals surface area contributed by atoms with E-state index in [0.717, 1.165) is 96.3 Å². The second kappa shape index (κ2) is 37.4. The Hall–Kier alpha value is -2.67. The Kier molecular flexibility index (Phi) is 30.3. The maximum atomic E-state index is 12.3. The summed E-state index contributed by atoms with van der Waals surface area (Å²) in [7, 11) is 0. The number of esters is 8. The van der Waals surface area contributed by atoms with Crippen LogP contribution in [-0.2, 0) is 219 Å². The summed E-state index contributed by atoms with van der Waals surface area (Å²) in [5, 5.41) is 0. The first-order chi connectivity index (χ1) is 53.6. The molecular formula is C81H120O32Y2-2. The summed E-state index contributed by atoms with van der Waals surface area (Å²) in [5.41, 5.74) is -2.80. The molecule has 0 N–H and O–H groups in total. The van der Waals surface area contributed by atoms with Crippen LogP contribution in [0.2, 0.25) is 0 Å². The second-order valence-corrected chi connectivity index (χ2v) is 35.2. The van der Waals surface area contributed by atoms with E-state index in [1.54, 1.807) is 34.1 Å². The van der Waals surface area contributed by atoms with Crippen LogP contribution in [0.25, 0.3) is 0 Å². The molecule has 32 atom stereocenters. The number of carbonyl (C=O) groups excluding carboxylic acids is 8. The Balaban J connectivity index is 0.000000150. The summed E-state index contributed by atoms with van der Waals surface area (Å²) in [4.78, 5) is 143. The van der Waals surface area contributed by atoms with Crippen LogP contribution in [0.3, 0.4) is 0 Å². The molecule has 16 aliphatic heterocycles. The molecule has 32 nitrogen and oxygen atoms in total. The van der Waals surface area contributed by atoms with Gasteiger partial charge in [-0.25, -0.2) is 39.1 Å². The van der Waals surface area contributed by atoms with Gasteiger partial charge in [-0.05, 0) is 173 Å². The number of fused-ring (bicyclic) bond motifs is 8. The van der Waals surface area contributed by atoms with Crippen molar-refractivity contribution in [1.29, 1.82) is 0 Å². The van der Waals surface area contributed by atoms with Crippen LogP contribution in [0.5, 0.6) is 0 Å². The number of carbonyl (C=O) groups is 8. The molecule has 34 heteroatoms. The van der Waals surface area contributed by atoms with Gasteiger partial charge >= 0.3 is 41.8 Å². The largest absolute Gasteiger partial charge is 0.637 e. The molecule has 8 bridgehead atoms. The molecule has 0 aromatic heterocycles. The number of ether oxygens (including phenoxy) is 16. The van der Waals surface area contributed by atoms with E-state index in [1.807, 2.05) is 55.4 Å². The SMILES string of the molecule is CCOC(=O)CC(=O)OC1O[C@@H]2O[C@]3(C)CC[C@H]4[C@H](C)CC[C@@H]([C@H]1C)[C@@]24OO3.CCOC(=O)CC(=O)OC1O[C@@H]2O[C@]3(C)CC[C@H]4[C@H](C)CC[C@@H]([C@H]1C)[C@@]24OO3.C[CH-]COC(=O)CC(=O)OC1O[C@@H]2O[C@@]3(C)CC[C@H]4[C@H](C)CC[C@@H]([C@H]1C)[C@@]24OO3.C[CH-]OC(=O)CC(=O)OC1O[C@@H]2O[C@@]3(C)CC[C@H]4[C@H](C)CC[C@@H]([C@H]1C)[C@@]24OO3.[Y].[Y]. The third-order valence-electron chi connectivity index (χ3n) is 27.8. The molecule has 0 amide bonds. The van der Waals surface area contributed by atoms with Crippen LogP contribution in [0.15, 0.2) is 0 Å². The topological polar surface area (TPSA) is 358 Å². The van der Waals surface area contributed by atoms with Gasteiger partial charge in [0.1, 0.15) is 25.7 Å². The van der Waals surface area contributed by atoms with Crippen molar-refractivity contribution in [2.24, 2.45) is 94.7 Å². The Morgan fingerprint density at radius 2 is 0.565 bits per heavy atom. The fraction of sp³-hybridized carbons (Fsp3) is 0.877. The Morgan fingerprint density at radius 1 is 0.322 bits per heavy atom. The molecule has 4 spiro atoms. The molecule has 115 heavy (non-hydrogen) atoms. The summed E-state index contributed by atoms with van der Waals surface area (Å²) in [5.74, 6) is -6.07. The maximum absolute atomic E-state index is 12.3. The summed E-state index contributed by atoms with van der Waals surface area (Å²) < 4.78 is 90.8. The van der Waals surface area contributed by atoms with E-state index in [-0.39, 0.29) is 156 Å². The predicted octanol–water partition coefficient (Wildman–Crippen LogP) is 11.1. The van der Waals surface area contributed by atoms with Gasteiger partial charge in [0.25, 0.3) is 5.97 Å². The molecule has 20 rings (SSSR count). The quantitative estimate of drug-likeness (QED) is 0.0429. The van der Waals surface area contributed by atoms with Gasteiger partial charge in [0.2, 0.25) is 48.3 Å². The van der Waals surface area contributed by atoms with Crippen LogP contribution in [0.1, 0.15) is 239 Å². The summed E-state index contributed by atoms with van der Waals surface area (Å²) >= 11 is 0. The van der Waals surface area contributed by atoms with E-state index in [4.69, 9.17) is 115 Å². The van der Waals surface area contributed by atoms with E-state index in [1.165, 1.54) is 6.61 Å². The predicted molar refractivity (Wildman–Crippen MR) is 380 cm³/mol. The molecule has 0 aromatic carbocycles. The van der Waals surface area contributed by atoms with Crippen molar-refractivity contribution >= 4 is 47.8 Å². The second-order valence-electron chi connectivity index (χ2n) is 35.2. The average molecular weight is 1780 g/mol. The van der Waals surface area contributed by atoms with E-state index in [0.29, 0.717) is 30.1 Å². The summed E-state index contributed by atoms with van der Waals surface area (Å²) in [6.45, 7) is 32.9. The van der Waals surface area contributed by atoms with E-state index < -0.39 is 169 Å². The zero-order chi connectivity index (χ0) is 81.1. The van der Waals surface area contributed by atoms with Crippen LogP contribution in [0, 0.1) is 108 Å². The molecule has 4 aliphatic carbocycles. The first-order valence-electron chi connectivity index (χ1n) is 41.5. The van der Waals surface area contributed by atoms with Crippen molar-refractivity contribution in [2.45, 2.75) is 335 Å². The van der Waals surface area contributed by atoms with Crippen LogP contribution in [-0.4, -0.2) is 163 Å². The van der Waals surface area contributed by atoms with E-state index >= 15 is 0 Å². The molecule has 2 radical (unpaired) electrons. The van der Waals surface area contributed by atoms with Crippen LogP contribution in [0.4, 0.5) is 0 Å². The fourth-order valence-corrected chi connectivity index (χ4v) is 22.0. The van der Waals surface area contributed by atoms with Crippen molar-refractivity contribution in [3.8, 4) is 0 Å². The first kappa shape index (κ1) is 93.0. The first-order valence-corrected chi connectivity index (χ1v) is 41.5. The third kappa shape index (κ3) is 18.2. The maximum Gasteiger partial charge on any atom is 0.319 e. The van der Waals surface area contributed by atoms with Gasteiger partial charge in [-0.2, -0.15) is 20.5 Å². The molecule has 644 valence electrons. The van der Waals surface area contributed by atoms with Crippen molar-refractivity contribution < 1.29 is 219 Å². The molecule has 16 saturated heterocycles. The van der Waals surface area contributed by atoms with Crippen molar-refractivity contribution in [3.05, 3.63) is 13.0 Å². The van der Waals surface area contributed by atoms with Crippen molar-refractivity contribution in [2.75, 3.05) is 19.8 Å². The smallest absolute Gasteiger partial charge is 0.319 e. The molecule has 4 saturated carbocycles. The number of hydrogen-bond acceptors (Lipinski definition) is 32. The monoisotopic (exact) mass is 1780 g/mol. The molecule has 0 aromatic rings. The zero-order valence-corrected chi connectivity index (χ0v) is 75.2. The molecule has 20 fully saturated rings. The Labute approximate surface area is 723 Å². The Bertz CT molecular complexity index is 3190. The number of hydrogen-bond donors (Lipinski definition) is 0.